The summed E-state index contributed by atoms with van der Waals surface area (Å²) < 4.78 is 4.95. The summed E-state index contributed by atoms with van der Waals surface area (Å²) in [6.07, 6.45) is 0. The van der Waals surface area contributed by atoms with Crippen LogP contribution >= 0.6 is 11.6 Å². The van der Waals surface area contributed by atoms with Gasteiger partial charge in [-0.15, -0.1) is 0 Å². The Morgan fingerprint density at radius 1 is 1.24 bits per heavy atom. The fourth-order valence-electron chi connectivity index (χ4n) is 1.29. The minimum atomic E-state index is -0.981. The van der Waals surface area contributed by atoms with Crippen molar-refractivity contribution in [3.05, 3.63) is 35.4 Å². The molecule has 17 heavy (non-hydrogen) atoms. The van der Waals surface area contributed by atoms with Gasteiger partial charge in [0.1, 0.15) is 17.1 Å². The molecule has 0 spiro atoms. The normalized spacial score (nSPS) is 11.7. The maximum atomic E-state index is 11.2. The van der Waals surface area contributed by atoms with Gasteiger partial charge in [-0.1, -0.05) is 0 Å². The predicted molar refractivity (Wildman–Crippen MR) is 64.1 cm³/mol. The van der Waals surface area contributed by atoms with Crippen molar-refractivity contribution in [2.45, 2.75) is 6.92 Å². The van der Waals surface area contributed by atoms with Gasteiger partial charge >= 0.3 is 0 Å². The second kappa shape index (κ2) is 5.50. The van der Waals surface area contributed by atoms with Crippen molar-refractivity contribution in [1.29, 1.82) is 0 Å². The van der Waals surface area contributed by atoms with Crippen molar-refractivity contribution < 1.29 is 19.4 Å². The average Bonchev–Trinajstić information content (AvgIpc) is 2.28. The number of carbonyl (C=O) groups is 2. The molecule has 0 radical (unpaired) electrons. The number of aliphatic hydroxyl groups excluding tert-OH is 1. The molecule has 1 rings (SSSR count). The van der Waals surface area contributed by atoms with E-state index in [0.29, 0.717) is 11.3 Å². The minimum absolute atomic E-state index is 0.324. The summed E-state index contributed by atoms with van der Waals surface area (Å²) in [5.74, 6) is -0.415. The van der Waals surface area contributed by atoms with Gasteiger partial charge in [0.2, 0.25) is 0 Å². The van der Waals surface area contributed by atoms with E-state index in [0.717, 1.165) is 6.92 Å². The quantitative estimate of drug-likeness (QED) is 0.294. The van der Waals surface area contributed by atoms with Gasteiger partial charge in [0.05, 0.1) is 7.11 Å². The summed E-state index contributed by atoms with van der Waals surface area (Å²) in [5, 5.41) is 8.82. The number of benzene rings is 1. The minimum Gasteiger partial charge on any atom is -0.506 e. The number of hydrogen-bond acceptors (Lipinski definition) is 4. The number of aliphatic hydroxyl groups is 1. The molecule has 0 aliphatic rings. The number of ether oxygens (including phenoxy) is 1. The molecular formula is C12H11ClO4. The standard InChI is InChI=1S/C12H11ClO4/c1-7(14)10(12(13)16)11(15)8-3-5-9(17-2)6-4-8/h3-6,15H,1-2H3/b11-10+. The zero-order valence-corrected chi connectivity index (χ0v) is 10.1. The average molecular weight is 255 g/mol. The molecule has 0 fully saturated rings. The number of hydrogen-bond donors (Lipinski definition) is 1. The lowest BCUT2D eigenvalue weighted by atomic mass is 10.1. The smallest absolute Gasteiger partial charge is 0.259 e. The number of allylic oxidation sites excluding steroid dienone is 1. The fourth-order valence-corrected chi connectivity index (χ4v) is 1.51. The molecule has 0 saturated heterocycles. The Bertz CT molecular complexity index is 458. The highest BCUT2D eigenvalue weighted by Gasteiger charge is 2.19. The Balaban J connectivity index is 3.24. The molecule has 0 unspecified atom stereocenters. The number of carbonyl (C=O) groups excluding carboxylic acids is 2. The molecule has 0 saturated carbocycles. The molecule has 0 aromatic heterocycles. The van der Waals surface area contributed by atoms with Gasteiger partial charge in [0.15, 0.2) is 5.78 Å². The van der Waals surface area contributed by atoms with Gasteiger partial charge < -0.3 is 9.84 Å². The van der Waals surface area contributed by atoms with Crippen LogP contribution in [0, 0.1) is 0 Å². The lowest BCUT2D eigenvalue weighted by Crippen LogP contribution is -2.07. The number of methoxy groups -OCH3 is 1. The molecule has 1 aromatic rings. The molecule has 1 aromatic carbocycles. The molecule has 0 amide bonds. The summed E-state index contributed by atoms with van der Waals surface area (Å²) >= 11 is 5.24. The molecule has 1 N–H and O–H groups in total. The second-order valence-corrected chi connectivity index (χ2v) is 3.63. The van der Waals surface area contributed by atoms with Crippen LogP contribution in [0.3, 0.4) is 0 Å². The first-order valence-corrected chi connectivity index (χ1v) is 5.13. The van der Waals surface area contributed by atoms with Crippen molar-refractivity contribution >= 4 is 28.4 Å². The summed E-state index contributed by atoms with van der Waals surface area (Å²) in [4.78, 5) is 22.2. The van der Waals surface area contributed by atoms with Crippen LogP contribution in [-0.4, -0.2) is 23.2 Å². The fraction of sp³-hybridized carbons (Fsp3) is 0.167. The molecule has 0 aliphatic heterocycles. The van der Waals surface area contributed by atoms with Crippen LogP contribution in [0.15, 0.2) is 29.8 Å². The molecule has 0 atom stereocenters. The van der Waals surface area contributed by atoms with Crippen LogP contribution in [0.25, 0.3) is 5.76 Å². The zero-order chi connectivity index (χ0) is 13.0. The van der Waals surface area contributed by atoms with Crippen LogP contribution in [0.1, 0.15) is 12.5 Å². The monoisotopic (exact) mass is 254 g/mol. The Morgan fingerprint density at radius 2 is 1.76 bits per heavy atom. The van der Waals surface area contributed by atoms with E-state index < -0.39 is 22.4 Å². The zero-order valence-electron chi connectivity index (χ0n) is 9.36. The second-order valence-electron chi connectivity index (χ2n) is 3.28. The molecule has 4 nitrogen and oxygen atoms in total. The number of halogens is 1. The SMILES string of the molecule is COc1ccc(/C(O)=C(/C(C)=O)C(=O)Cl)cc1. The van der Waals surface area contributed by atoms with E-state index in [-0.39, 0.29) is 0 Å². The Kier molecular flexibility index (Phi) is 4.29. The van der Waals surface area contributed by atoms with E-state index in [9.17, 15) is 14.7 Å². The van der Waals surface area contributed by atoms with E-state index in [4.69, 9.17) is 16.3 Å². The maximum Gasteiger partial charge on any atom is 0.259 e. The van der Waals surface area contributed by atoms with Crippen LogP contribution in [0.2, 0.25) is 0 Å². The molecule has 0 aliphatic carbocycles. The van der Waals surface area contributed by atoms with Gasteiger partial charge in [0.25, 0.3) is 5.24 Å². The first-order chi connectivity index (χ1) is 7.97. The highest BCUT2D eigenvalue weighted by Crippen LogP contribution is 2.21. The third-order valence-corrected chi connectivity index (χ3v) is 2.34. The van der Waals surface area contributed by atoms with Crippen molar-refractivity contribution in [3.63, 3.8) is 0 Å². The van der Waals surface area contributed by atoms with Gasteiger partial charge in [-0.2, -0.15) is 0 Å². The first kappa shape index (κ1) is 13.3. The van der Waals surface area contributed by atoms with Crippen molar-refractivity contribution in [2.24, 2.45) is 0 Å². The van der Waals surface area contributed by atoms with Crippen LogP contribution in [-0.2, 0) is 9.59 Å². The lowest BCUT2D eigenvalue weighted by Gasteiger charge is -2.05. The van der Waals surface area contributed by atoms with Gasteiger partial charge in [0, 0.05) is 5.56 Å². The summed E-state index contributed by atoms with van der Waals surface area (Å²) in [7, 11) is 1.51. The van der Waals surface area contributed by atoms with Crippen molar-refractivity contribution in [1.82, 2.24) is 0 Å². The topological polar surface area (TPSA) is 63.6 Å². The van der Waals surface area contributed by atoms with E-state index >= 15 is 0 Å². The Hall–Kier alpha value is -1.81. The largest absolute Gasteiger partial charge is 0.506 e. The third-order valence-electron chi connectivity index (χ3n) is 2.15. The van der Waals surface area contributed by atoms with E-state index in [1.807, 2.05) is 0 Å². The van der Waals surface area contributed by atoms with Crippen molar-refractivity contribution in [3.8, 4) is 5.75 Å². The van der Waals surface area contributed by atoms with E-state index in [2.05, 4.69) is 0 Å². The predicted octanol–water partition coefficient (Wildman–Crippen LogP) is 2.32. The molecular weight excluding hydrogens is 244 g/mol. The number of rotatable bonds is 4. The Labute approximate surface area is 103 Å². The van der Waals surface area contributed by atoms with Crippen LogP contribution in [0.5, 0.6) is 5.75 Å². The van der Waals surface area contributed by atoms with Crippen LogP contribution in [0.4, 0.5) is 0 Å². The highest BCUT2D eigenvalue weighted by atomic mass is 35.5. The van der Waals surface area contributed by atoms with Gasteiger partial charge in [-0.05, 0) is 42.8 Å². The number of ketones is 1. The van der Waals surface area contributed by atoms with Crippen LogP contribution < -0.4 is 4.74 Å². The van der Waals surface area contributed by atoms with Gasteiger partial charge in [-0.25, -0.2) is 0 Å². The van der Waals surface area contributed by atoms with Crippen molar-refractivity contribution in [2.75, 3.05) is 7.11 Å². The molecule has 5 heteroatoms. The Morgan fingerprint density at radius 3 is 2.12 bits per heavy atom. The maximum absolute atomic E-state index is 11.2. The summed E-state index contributed by atoms with van der Waals surface area (Å²) in [6, 6.07) is 6.25. The van der Waals surface area contributed by atoms with Gasteiger partial charge in [-0.3, -0.25) is 9.59 Å². The highest BCUT2D eigenvalue weighted by molar-refractivity contribution is 6.71. The first-order valence-electron chi connectivity index (χ1n) is 4.75. The van der Waals surface area contributed by atoms with E-state index in [1.54, 1.807) is 12.1 Å². The third kappa shape index (κ3) is 3.07. The summed E-state index contributed by atoms with van der Waals surface area (Å²) in [5.41, 5.74) is -0.0955. The molecule has 0 bridgehead atoms. The summed E-state index contributed by atoms with van der Waals surface area (Å²) in [6.45, 7) is 1.16. The number of Topliss-reactive ketones (excluding diaryl/α,β-unsaturated/α-hetero) is 1. The lowest BCUT2D eigenvalue weighted by molar-refractivity contribution is -0.117. The molecule has 0 heterocycles. The van der Waals surface area contributed by atoms with E-state index in [1.165, 1.54) is 19.2 Å². The molecule has 90 valence electrons.